The molecule has 440 valence electrons. The number of hydrogen-bond acceptors (Lipinski definition) is 15. The summed E-state index contributed by atoms with van der Waals surface area (Å²) in [6, 6.07) is 5.08. The van der Waals surface area contributed by atoms with Gasteiger partial charge in [-0.15, -0.1) is 0 Å². The number of carbonyl (C=O) groups excluding carboxylic acids is 10. The molecule has 26 nitrogen and oxygen atoms in total. The topological polar surface area (TPSA) is 400 Å². The molecule has 28 heteroatoms. The number of aromatic amines is 1. The third-order valence-electron chi connectivity index (χ3n) is 13.6. The Morgan fingerprint density at radius 2 is 1.37 bits per heavy atom. The number of aliphatic carboxylic acids is 1. The molecule has 3 aromatic rings. The van der Waals surface area contributed by atoms with Crippen LogP contribution in [0.4, 0.5) is 0 Å². The summed E-state index contributed by atoms with van der Waals surface area (Å²) in [6.45, 7) is 2.07. The summed E-state index contributed by atoms with van der Waals surface area (Å²) in [6.07, 6.45) is 4.75. The van der Waals surface area contributed by atoms with Crippen LogP contribution >= 0.6 is 21.6 Å². The molecule has 9 amide bonds. The van der Waals surface area contributed by atoms with E-state index in [-0.39, 0.29) is 68.4 Å². The summed E-state index contributed by atoms with van der Waals surface area (Å²) in [5.74, 6) is -9.48. The molecule has 0 aliphatic carbocycles. The molecule has 82 heavy (non-hydrogen) atoms. The van der Waals surface area contributed by atoms with Crippen LogP contribution in [0.2, 0.25) is 0 Å². The molecule has 0 unspecified atom stereocenters. The minimum Gasteiger partial charge on any atom is -0.481 e. The van der Waals surface area contributed by atoms with E-state index in [4.69, 9.17) is 11.5 Å². The predicted octanol–water partition coefficient (Wildman–Crippen LogP) is -0.875. The van der Waals surface area contributed by atoms with Crippen LogP contribution in [0.3, 0.4) is 0 Å². The molecule has 14 N–H and O–H groups in total. The highest BCUT2D eigenvalue weighted by molar-refractivity contribution is 8.76. The molecule has 0 bridgehead atoms. The second-order valence-corrected chi connectivity index (χ2v) is 22.4. The molecule has 4 heterocycles. The Hall–Kier alpha value is -8.27. The summed E-state index contributed by atoms with van der Waals surface area (Å²) in [7, 11) is 2.05. The minimum atomic E-state index is -1.60. The molecule has 8 atom stereocenters. The molecule has 3 aliphatic heterocycles. The monoisotopic (exact) mass is 1170 g/mol. The number of para-hydroxylation sites is 1. The molecule has 0 saturated carbocycles. The van der Waals surface area contributed by atoms with Crippen molar-refractivity contribution in [3.05, 3.63) is 83.7 Å². The fourth-order valence-corrected chi connectivity index (χ4v) is 11.8. The van der Waals surface area contributed by atoms with Crippen LogP contribution in [0.25, 0.3) is 10.9 Å². The summed E-state index contributed by atoms with van der Waals surface area (Å²) >= 11 is 0. The van der Waals surface area contributed by atoms with Crippen LogP contribution in [0, 0.1) is 0 Å². The smallest absolute Gasteiger partial charge is 0.303 e. The number of likely N-dealkylation sites (tertiary alicyclic amines) is 1. The van der Waals surface area contributed by atoms with E-state index in [1.54, 1.807) is 54.9 Å². The lowest BCUT2D eigenvalue weighted by Crippen LogP contribution is -2.60. The molecule has 2 aromatic carbocycles. The Morgan fingerprint density at radius 1 is 0.744 bits per heavy atom. The number of nitrogens with zero attached hydrogens (tertiary/aromatic N) is 3. The van der Waals surface area contributed by atoms with Gasteiger partial charge in [0.15, 0.2) is 11.7 Å². The van der Waals surface area contributed by atoms with E-state index in [0.29, 0.717) is 36.1 Å². The van der Waals surface area contributed by atoms with Gasteiger partial charge in [-0.3, -0.25) is 62.7 Å². The first-order valence-corrected chi connectivity index (χ1v) is 29.2. The van der Waals surface area contributed by atoms with Gasteiger partial charge in [-0.25, -0.2) is 0 Å². The van der Waals surface area contributed by atoms with Crippen molar-refractivity contribution in [2.45, 2.75) is 126 Å². The maximum absolute atomic E-state index is 14.8. The zero-order chi connectivity index (χ0) is 59.3. The number of carbonyl (C=O) groups is 11. The zero-order valence-corrected chi connectivity index (χ0v) is 47.0. The van der Waals surface area contributed by atoms with E-state index in [1.165, 1.54) is 11.8 Å². The van der Waals surface area contributed by atoms with E-state index >= 15 is 0 Å². The van der Waals surface area contributed by atoms with Gasteiger partial charge < -0.3 is 69.0 Å². The number of guanidine groups is 1. The van der Waals surface area contributed by atoms with Crippen molar-refractivity contribution >= 4 is 110 Å². The summed E-state index contributed by atoms with van der Waals surface area (Å²) in [5.41, 5.74) is 13.5. The summed E-state index contributed by atoms with van der Waals surface area (Å²) in [4.78, 5) is 165. The van der Waals surface area contributed by atoms with Gasteiger partial charge in [0.1, 0.15) is 42.3 Å². The van der Waals surface area contributed by atoms with Gasteiger partial charge in [0.05, 0.1) is 12.6 Å². The Bertz CT molecular complexity index is 2930. The van der Waals surface area contributed by atoms with Crippen molar-refractivity contribution in [1.29, 1.82) is 0 Å². The first kappa shape index (κ1) is 62.9. The number of H-pyrrole nitrogens is 1. The van der Waals surface area contributed by atoms with Crippen molar-refractivity contribution in [3.8, 4) is 0 Å². The summed E-state index contributed by atoms with van der Waals surface area (Å²) < 4.78 is 0. The van der Waals surface area contributed by atoms with Crippen molar-refractivity contribution < 1.29 is 57.8 Å². The number of allylic oxidation sites excluding steroid dienone is 1. The Morgan fingerprint density at radius 3 is 2.02 bits per heavy atom. The van der Waals surface area contributed by atoms with Crippen molar-refractivity contribution in [3.63, 3.8) is 0 Å². The van der Waals surface area contributed by atoms with Gasteiger partial charge in [0.25, 0.3) is 0 Å². The number of nitrogens with one attached hydrogen (secondary N) is 9. The average Bonchev–Trinajstić information content (AvgIpc) is 4.44. The standard InChI is InChI=1S/C54H70N14O12S2/c1-30(69)44-17-10-22-68(44)53(80)43-29-82-81-28-42(61-31(2)70)52(79)64-38(18-19-46(72)73)49(76)67-41(25-34-13-8-20-57-34)51(78)65-39(23-32-11-4-3-5-12-32)50(77)63-37(16-9-21-58-54(55)56)48(75)66-40(47(74)60-27-45(71)62-43)24-33-26-59-36-15-7-6-14-35(33)36/h3-7,11-15,20,26,37-44,59H,8-10,16-19,21-25,27-29H2,1-2H3,(H,60,74)(H,61,70)(H,62,71)(H,63,77)(H,64,79)(H,65,78)(H,66,75)(H,67,76)(H,72,73)(H4,55,56,58)/t37-,38-,39+,40-,41-,42-,43-,44-/m0/s1. The first-order valence-electron chi connectivity index (χ1n) is 26.7. The molecule has 0 spiro atoms. The van der Waals surface area contributed by atoms with E-state index in [0.717, 1.165) is 39.4 Å². The second kappa shape index (κ2) is 31.1. The van der Waals surface area contributed by atoms with Gasteiger partial charge in [-0.2, -0.15) is 0 Å². The molecular weight excluding hydrogens is 1100 g/mol. The highest BCUT2D eigenvalue weighted by atomic mass is 33.1. The number of aromatic nitrogens is 1. The van der Waals surface area contributed by atoms with E-state index in [2.05, 4.69) is 57.5 Å². The maximum Gasteiger partial charge on any atom is 0.303 e. The second-order valence-electron chi connectivity index (χ2n) is 19.8. The number of amides is 9. The van der Waals surface area contributed by atoms with Crippen LogP contribution < -0.4 is 54.0 Å². The van der Waals surface area contributed by atoms with Crippen LogP contribution in [0.15, 0.2) is 82.6 Å². The molecule has 3 aliphatic rings. The summed E-state index contributed by atoms with van der Waals surface area (Å²) in [5, 5.41) is 31.6. The van der Waals surface area contributed by atoms with Gasteiger partial charge in [0.2, 0.25) is 53.2 Å². The lowest BCUT2D eigenvalue weighted by atomic mass is 10.0. The molecule has 1 aromatic heterocycles. The van der Waals surface area contributed by atoms with Crippen LogP contribution in [0.1, 0.15) is 76.3 Å². The maximum atomic E-state index is 14.8. The van der Waals surface area contributed by atoms with Crippen LogP contribution in [0.5, 0.6) is 0 Å². The quantitative estimate of drug-likeness (QED) is 0.0359. The van der Waals surface area contributed by atoms with Crippen LogP contribution in [-0.4, -0.2) is 172 Å². The number of fused-ring (bicyclic) bond motifs is 1. The number of aliphatic imine (C=N–C) groups is 2. The number of rotatable bonds is 16. The van der Waals surface area contributed by atoms with Gasteiger partial charge in [-0.1, -0.05) is 76.2 Å². The predicted molar refractivity (Wildman–Crippen MR) is 307 cm³/mol. The highest BCUT2D eigenvalue weighted by Gasteiger charge is 2.38. The lowest BCUT2D eigenvalue weighted by molar-refractivity contribution is -0.139. The van der Waals surface area contributed by atoms with E-state index in [1.807, 2.05) is 18.2 Å². The first-order chi connectivity index (χ1) is 39.3. The lowest BCUT2D eigenvalue weighted by Gasteiger charge is -2.28. The van der Waals surface area contributed by atoms with Crippen LogP contribution in [-0.2, 0) is 65.6 Å². The number of ketones is 1. The molecule has 2 fully saturated rings. The number of nitrogens with two attached hydrogens (primary N) is 2. The Kier molecular flexibility index (Phi) is 23.8. The normalized spacial score (nSPS) is 23.9. The Labute approximate surface area is 480 Å². The van der Waals surface area contributed by atoms with Crippen molar-refractivity contribution in [2.75, 3.05) is 31.1 Å². The molecule has 6 rings (SSSR count). The van der Waals surface area contributed by atoms with Gasteiger partial charge in [-0.05, 0) is 56.2 Å². The van der Waals surface area contributed by atoms with Gasteiger partial charge >= 0.3 is 5.97 Å². The number of carboxylic acid groups (broad SMARTS) is 1. The number of hydrogen-bond donors (Lipinski definition) is 12. The highest BCUT2D eigenvalue weighted by Crippen LogP contribution is 2.26. The molecule has 2 saturated heterocycles. The third kappa shape index (κ3) is 19.2. The largest absolute Gasteiger partial charge is 0.481 e. The molecule has 0 radical (unpaired) electrons. The number of benzene rings is 2. The Balaban J connectivity index is 1.40. The van der Waals surface area contributed by atoms with Crippen molar-refractivity contribution in [1.82, 2.24) is 52.4 Å². The van der Waals surface area contributed by atoms with E-state index < -0.39 is 127 Å². The zero-order valence-electron chi connectivity index (χ0n) is 45.4. The SMILES string of the molecule is CC(=O)N[C@H]1CSSC[C@@H](C(=O)N2CCC[C@H]2C(C)=O)NC(=O)CNC(=O)[C@H](Cc2c[nH]c3ccccc23)NC(=O)[C@H](CCCN=C(N)N)NC(=O)[C@@H](Cc2ccccc2)NC(=O)[C@H](CC2=CCC=N2)NC(=O)[C@H](CCC(=O)O)NC1=O. The fraction of sp³-hybridized carbons (Fsp3) is 0.463. The van der Waals surface area contributed by atoms with E-state index in [9.17, 15) is 57.8 Å². The number of Topliss-reactive ketones (excluding diaryl/α,β-unsaturated/α-hetero) is 1. The minimum absolute atomic E-state index is 0.0237. The van der Waals surface area contributed by atoms with Crippen molar-refractivity contribution in [2.24, 2.45) is 21.5 Å². The third-order valence-corrected chi connectivity index (χ3v) is 16.0. The number of carboxylic acids is 1. The average molecular weight is 1170 g/mol. The molecular formula is C54H70N14O12S2. The van der Waals surface area contributed by atoms with Gasteiger partial charge in [0, 0.05) is 92.6 Å². The fourth-order valence-electron chi connectivity index (χ4n) is 9.45.